The summed E-state index contributed by atoms with van der Waals surface area (Å²) >= 11 is 0. The van der Waals surface area contributed by atoms with Crippen LogP contribution in [0.4, 0.5) is 4.79 Å². The van der Waals surface area contributed by atoms with Crippen molar-refractivity contribution < 1.29 is 29.0 Å². The lowest BCUT2D eigenvalue weighted by Gasteiger charge is -2.38. The van der Waals surface area contributed by atoms with Gasteiger partial charge in [0.05, 0.1) is 6.04 Å². The van der Waals surface area contributed by atoms with Crippen molar-refractivity contribution in [3.8, 4) is 11.1 Å². The minimum Gasteiger partial charge on any atom is -0.480 e. The lowest BCUT2D eigenvalue weighted by Crippen LogP contribution is -2.56. The normalized spacial score (nSPS) is 25.6. The maximum absolute atomic E-state index is 13.2. The van der Waals surface area contributed by atoms with Gasteiger partial charge in [-0.15, -0.1) is 0 Å². The average molecular weight is 479 g/mol. The SMILES string of the molecule is CC1CCC(C(=O)O)N(C(=O)[C@H]2OCC[C@H]2NC(=O)OCC2c3ccccc3-c3ccccc32)C1. The van der Waals surface area contributed by atoms with Gasteiger partial charge in [-0.05, 0) is 47.4 Å². The molecule has 184 valence electrons. The molecule has 2 saturated heterocycles. The lowest BCUT2D eigenvalue weighted by atomic mass is 9.93. The summed E-state index contributed by atoms with van der Waals surface area (Å²) in [6.45, 7) is 2.86. The van der Waals surface area contributed by atoms with Crippen LogP contribution in [0.15, 0.2) is 48.5 Å². The first-order valence-corrected chi connectivity index (χ1v) is 12.2. The Morgan fingerprint density at radius 3 is 2.34 bits per heavy atom. The Balaban J connectivity index is 1.23. The summed E-state index contributed by atoms with van der Waals surface area (Å²) in [4.78, 5) is 39.1. The zero-order chi connectivity index (χ0) is 24.5. The van der Waals surface area contributed by atoms with Gasteiger partial charge in [0, 0.05) is 19.1 Å². The molecule has 0 saturated carbocycles. The molecule has 2 aromatic rings. The number of amides is 2. The number of carboxylic acid groups (broad SMARTS) is 1. The number of carboxylic acids is 1. The Morgan fingerprint density at radius 1 is 1.03 bits per heavy atom. The number of fused-ring (bicyclic) bond motifs is 3. The molecule has 2 aliphatic heterocycles. The quantitative estimate of drug-likeness (QED) is 0.683. The van der Waals surface area contributed by atoms with Crippen molar-refractivity contribution in [1.82, 2.24) is 10.2 Å². The summed E-state index contributed by atoms with van der Waals surface area (Å²) in [6.07, 6.45) is 0.110. The first-order valence-electron chi connectivity index (χ1n) is 12.2. The van der Waals surface area contributed by atoms with E-state index in [9.17, 15) is 19.5 Å². The number of carbonyl (C=O) groups is 3. The highest BCUT2D eigenvalue weighted by Crippen LogP contribution is 2.44. The molecule has 0 radical (unpaired) electrons. The van der Waals surface area contributed by atoms with E-state index >= 15 is 0 Å². The van der Waals surface area contributed by atoms with Crippen molar-refractivity contribution in [1.29, 1.82) is 0 Å². The number of hydrogen-bond donors (Lipinski definition) is 2. The summed E-state index contributed by atoms with van der Waals surface area (Å²) in [5.41, 5.74) is 4.54. The Kier molecular flexibility index (Phi) is 6.47. The molecule has 3 aliphatic rings. The van der Waals surface area contributed by atoms with Gasteiger partial charge >= 0.3 is 12.1 Å². The third kappa shape index (κ3) is 4.50. The molecule has 4 atom stereocenters. The van der Waals surface area contributed by atoms with E-state index in [-0.39, 0.29) is 24.3 Å². The summed E-state index contributed by atoms with van der Waals surface area (Å²) in [7, 11) is 0. The Bertz CT molecular complexity index is 1090. The van der Waals surface area contributed by atoms with Crippen molar-refractivity contribution in [2.45, 2.75) is 50.3 Å². The Hall–Kier alpha value is -3.39. The fourth-order valence-electron chi connectivity index (χ4n) is 5.59. The van der Waals surface area contributed by atoms with Gasteiger partial charge in [0.15, 0.2) is 6.10 Å². The maximum atomic E-state index is 13.2. The van der Waals surface area contributed by atoms with Crippen LogP contribution in [0.3, 0.4) is 0 Å². The van der Waals surface area contributed by atoms with Gasteiger partial charge < -0.3 is 24.8 Å². The molecule has 2 N–H and O–H groups in total. The number of piperidine rings is 1. The van der Waals surface area contributed by atoms with E-state index in [0.717, 1.165) is 28.7 Å². The van der Waals surface area contributed by atoms with E-state index in [1.54, 1.807) is 0 Å². The van der Waals surface area contributed by atoms with E-state index in [0.29, 0.717) is 26.0 Å². The zero-order valence-corrected chi connectivity index (χ0v) is 19.7. The number of ether oxygens (including phenoxy) is 2. The maximum Gasteiger partial charge on any atom is 0.407 e. The number of nitrogens with one attached hydrogen (secondary N) is 1. The molecule has 5 rings (SSSR count). The van der Waals surface area contributed by atoms with Crippen molar-refractivity contribution in [2.75, 3.05) is 19.8 Å². The van der Waals surface area contributed by atoms with Crippen LogP contribution < -0.4 is 5.32 Å². The van der Waals surface area contributed by atoms with Crippen LogP contribution in [-0.2, 0) is 19.1 Å². The van der Waals surface area contributed by atoms with Gasteiger partial charge in [0.25, 0.3) is 5.91 Å². The van der Waals surface area contributed by atoms with Gasteiger partial charge in [0.2, 0.25) is 0 Å². The molecule has 2 heterocycles. The molecule has 8 nitrogen and oxygen atoms in total. The second kappa shape index (κ2) is 9.70. The molecule has 2 fully saturated rings. The van der Waals surface area contributed by atoms with Gasteiger partial charge in [0.1, 0.15) is 12.6 Å². The highest BCUT2D eigenvalue weighted by Gasteiger charge is 2.43. The largest absolute Gasteiger partial charge is 0.480 e. The fourth-order valence-corrected chi connectivity index (χ4v) is 5.59. The van der Waals surface area contributed by atoms with Crippen LogP contribution >= 0.6 is 0 Å². The molecule has 2 aromatic carbocycles. The van der Waals surface area contributed by atoms with Crippen molar-refractivity contribution >= 4 is 18.0 Å². The lowest BCUT2D eigenvalue weighted by molar-refractivity contribution is -0.158. The topological polar surface area (TPSA) is 105 Å². The number of hydrogen-bond acceptors (Lipinski definition) is 5. The summed E-state index contributed by atoms with van der Waals surface area (Å²) < 4.78 is 11.3. The van der Waals surface area contributed by atoms with Gasteiger partial charge in [-0.25, -0.2) is 9.59 Å². The molecule has 35 heavy (non-hydrogen) atoms. The number of likely N-dealkylation sites (tertiary alicyclic amines) is 1. The first-order chi connectivity index (χ1) is 16.9. The number of benzene rings is 2. The highest BCUT2D eigenvalue weighted by atomic mass is 16.6. The minimum atomic E-state index is -1.01. The second-order valence-corrected chi connectivity index (χ2v) is 9.68. The average Bonchev–Trinajstić information content (AvgIpc) is 3.44. The number of nitrogens with zero attached hydrogens (tertiary/aromatic N) is 1. The van der Waals surface area contributed by atoms with Crippen molar-refractivity contribution in [3.63, 3.8) is 0 Å². The van der Waals surface area contributed by atoms with Crippen molar-refractivity contribution in [3.05, 3.63) is 59.7 Å². The number of aliphatic carboxylic acids is 1. The third-order valence-electron chi connectivity index (χ3n) is 7.37. The van der Waals surface area contributed by atoms with Gasteiger partial charge in [-0.2, -0.15) is 0 Å². The van der Waals surface area contributed by atoms with Crippen LogP contribution in [0.5, 0.6) is 0 Å². The minimum absolute atomic E-state index is 0.0587. The van der Waals surface area contributed by atoms with Crippen LogP contribution in [0.1, 0.15) is 43.2 Å². The Morgan fingerprint density at radius 2 is 1.69 bits per heavy atom. The molecule has 8 heteroatoms. The second-order valence-electron chi connectivity index (χ2n) is 9.68. The number of alkyl carbamates (subject to hydrolysis) is 1. The van der Waals surface area contributed by atoms with Crippen LogP contribution in [0, 0.1) is 5.92 Å². The Labute approximate surface area is 204 Å². The van der Waals surface area contributed by atoms with Crippen LogP contribution in [-0.4, -0.2) is 65.9 Å². The first kappa shape index (κ1) is 23.4. The molecule has 0 bridgehead atoms. The van der Waals surface area contributed by atoms with Crippen LogP contribution in [0.2, 0.25) is 0 Å². The molecule has 0 spiro atoms. The summed E-state index contributed by atoms with van der Waals surface area (Å²) in [6, 6.07) is 14.8. The van der Waals surface area contributed by atoms with Crippen molar-refractivity contribution in [2.24, 2.45) is 5.92 Å². The zero-order valence-electron chi connectivity index (χ0n) is 19.7. The molecular weight excluding hydrogens is 448 g/mol. The smallest absolute Gasteiger partial charge is 0.407 e. The fraction of sp³-hybridized carbons (Fsp3) is 0.444. The summed E-state index contributed by atoms with van der Waals surface area (Å²) in [5.74, 6) is -1.24. The molecule has 2 unspecified atom stereocenters. The monoisotopic (exact) mass is 478 g/mol. The number of rotatable bonds is 5. The molecule has 1 aliphatic carbocycles. The van der Waals surface area contributed by atoms with Crippen LogP contribution in [0.25, 0.3) is 11.1 Å². The highest BCUT2D eigenvalue weighted by molar-refractivity contribution is 5.88. The van der Waals surface area contributed by atoms with E-state index in [4.69, 9.17) is 9.47 Å². The standard InChI is InChI=1S/C27H30N2O6/c1-16-10-11-23(26(31)32)29(14-16)25(30)24-22(12-13-34-24)28-27(33)35-15-21-19-8-4-2-6-17(19)18-7-3-5-9-20(18)21/h2-9,16,21-24H,10-15H2,1H3,(H,28,33)(H,31,32)/t16?,22-,23?,24+/m1/s1. The van der Waals surface area contributed by atoms with E-state index in [1.807, 2.05) is 31.2 Å². The number of carbonyl (C=O) groups excluding carboxylic acids is 2. The molecule has 2 amide bonds. The van der Waals surface area contributed by atoms with E-state index in [1.165, 1.54) is 4.90 Å². The van der Waals surface area contributed by atoms with Gasteiger partial charge in [-0.1, -0.05) is 55.5 Å². The molecule has 0 aromatic heterocycles. The predicted octanol–water partition coefficient (Wildman–Crippen LogP) is 3.39. The molecular formula is C27H30N2O6. The van der Waals surface area contributed by atoms with E-state index in [2.05, 4.69) is 29.6 Å². The predicted molar refractivity (Wildman–Crippen MR) is 128 cm³/mol. The van der Waals surface area contributed by atoms with Gasteiger partial charge in [-0.3, -0.25) is 4.79 Å². The van der Waals surface area contributed by atoms with E-state index < -0.39 is 30.3 Å². The summed E-state index contributed by atoms with van der Waals surface area (Å²) in [5, 5.41) is 12.4. The third-order valence-corrected chi connectivity index (χ3v) is 7.37.